The van der Waals surface area contributed by atoms with Gasteiger partial charge in [0.2, 0.25) is 0 Å². The van der Waals surface area contributed by atoms with Gasteiger partial charge >= 0.3 is 0 Å². The molecule has 1 aliphatic heterocycles. The standard InChI is InChI=1S/C18H28N2/c1-2-16-6-8-17(9-7-16)14-20-13-12-19-15-18(20)10-4-3-5-11-18/h6-9,19H,2-5,10-15H2,1H3. The first-order chi connectivity index (χ1) is 9.82. The molecule has 1 aromatic rings. The quantitative estimate of drug-likeness (QED) is 0.907. The second-order valence-corrected chi connectivity index (χ2v) is 6.55. The summed E-state index contributed by atoms with van der Waals surface area (Å²) >= 11 is 0. The summed E-state index contributed by atoms with van der Waals surface area (Å²) in [6, 6.07) is 9.25. The fourth-order valence-corrected chi connectivity index (χ4v) is 3.93. The molecule has 20 heavy (non-hydrogen) atoms. The summed E-state index contributed by atoms with van der Waals surface area (Å²) in [4.78, 5) is 2.77. The lowest BCUT2D eigenvalue weighted by Crippen LogP contribution is -2.61. The van der Waals surface area contributed by atoms with Crippen LogP contribution in [-0.4, -0.2) is 30.1 Å². The fraction of sp³-hybridized carbons (Fsp3) is 0.667. The van der Waals surface area contributed by atoms with Crippen LogP contribution in [0.15, 0.2) is 24.3 Å². The number of benzene rings is 1. The Morgan fingerprint density at radius 3 is 2.45 bits per heavy atom. The maximum absolute atomic E-state index is 3.64. The van der Waals surface area contributed by atoms with Crippen molar-refractivity contribution in [2.45, 2.75) is 57.5 Å². The van der Waals surface area contributed by atoms with Crippen LogP contribution in [0.3, 0.4) is 0 Å². The summed E-state index contributed by atoms with van der Waals surface area (Å²) in [5.41, 5.74) is 3.37. The van der Waals surface area contributed by atoms with Gasteiger partial charge in [0.05, 0.1) is 0 Å². The minimum absolute atomic E-state index is 0.444. The lowest BCUT2D eigenvalue weighted by molar-refractivity contribution is 0.0209. The van der Waals surface area contributed by atoms with Crippen LogP contribution in [0, 0.1) is 0 Å². The van der Waals surface area contributed by atoms with Crippen molar-refractivity contribution < 1.29 is 0 Å². The highest BCUT2D eigenvalue weighted by Crippen LogP contribution is 2.35. The van der Waals surface area contributed by atoms with Crippen LogP contribution in [0.25, 0.3) is 0 Å². The molecule has 0 atom stereocenters. The van der Waals surface area contributed by atoms with Gasteiger partial charge in [0, 0.05) is 31.7 Å². The van der Waals surface area contributed by atoms with E-state index in [1.807, 2.05) is 0 Å². The van der Waals surface area contributed by atoms with Gasteiger partial charge in [-0.3, -0.25) is 4.90 Å². The topological polar surface area (TPSA) is 15.3 Å². The Bertz CT molecular complexity index is 409. The molecule has 110 valence electrons. The van der Waals surface area contributed by atoms with E-state index >= 15 is 0 Å². The van der Waals surface area contributed by atoms with Crippen molar-refractivity contribution in [3.63, 3.8) is 0 Å². The monoisotopic (exact) mass is 272 g/mol. The second kappa shape index (κ2) is 6.28. The van der Waals surface area contributed by atoms with Gasteiger partial charge in [-0.2, -0.15) is 0 Å². The number of hydrogen-bond donors (Lipinski definition) is 1. The molecule has 1 aromatic carbocycles. The smallest absolute Gasteiger partial charge is 0.0338 e. The predicted octanol–water partition coefficient (Wildman–Crippen LogP) is 3.36. The van der Waals surface area contributed by atoms with E-state index in [1.165, 1.54) is 56.3 Å². The molecule has 0 radical (unpaired) electrons. The van der Waals surface area contributed by atoms with E-state index in [0.29, 0.717) is 5.54 Å². The summed E-state index contributed by atoms with van der Waals surface area (Å²) in [7, 11) is 0. The van der Waals surface area contributed by atoms with E-state index in [0.717, 1.165) is 19.5 Å². The van der Waals surface area contributed by atoms with E-state index in [-0.39, 0.29) is 0 Å². The van der Waals surface area contributed by atoms with Gasteiger partial charge in [-0.05, 0) is 30.4 Å². The minimum Gasteiger partial charge on any atom is -0.314 e. The van der Waals surface area contributed by atoms with Gasteiger partial charge in [-0.1, -0.05) is 50.5 Å². The van der Waals surface area contributed by atoms with Crippen LogP contribution >= 0.6 is 0 Å². The Morgan fingerprint density at radius 1 is 1.05 bits per heavy atom. The van der Waals surface area contributed by atoms with Crippen molar-refractivity contribution >= 4 is 0 Å². The zero-order valence-corrected chi connectivity index (χ0v) is 12.8. The summed E-state index contributed by atoms with van der Waals surface area (Å²) in [6.07, 6.45) is 8.15. The molecule has 1 spiro atoms. The number of nitrogens with zero attached hydrogens (tertiary/aromatic N) is 1. The zero-order chi connectivity index (χ0) is 13.8. The average molecular weight is 272 g/mol. The van der Waals surface area contributed by atoms with Crippen LogP contribution in [0.5, 0.6) is 0 Å². The summed E-state index contributed by atoms with van der Waals surface area (Å²) in [5.74, 6) is 0. The van der Waals surface area contributed by atoms with Crippen LogP contribution in [0.4, 0.5) is 0 Å². The first-order valence-electron chi connectivity index (χ1n) is 8.36. The molecule has 0 amide bonds. The Hall–Kier alpha value is -0.860. The first kappa shape index (κ1) is 14.1. The molecule has 2 nitrogen and oxygen atoms in total. The van der Waals surface area contributed by atoms with Gasteiger partial charge in [-0.25, -0.2) is 0 Å². The van der Waals surface area contributed by atoms with Crippen LogP contribution < -0.4 is 5.32 Å². The number of aryl methyl sites for hydroxylation is 1. The summed E-state index contributed by atoms with van der Waals surface area (Å²) in [6.45, 7) is 6.90. The summed E-state index contributed by atoms with van der Waals surface area (Å²) in [5, 5.41) is 3.64. The van der Waals surface area contributed by atoms with Gasteiger partial charge < -0.3 is 5.32 Å². The number of hydrogen-bond acceptors (Lipinski definition) is 2. The molecule has 0 bridgehead atoms. The van der Waals surface area contributed by atoms with Crippen molar-refractivity contribution in [2.75, 3.05) is 19.6 Å². The van der Waals surface area contributed by atoms with E-state index in [1.54, 1.807) is 0 Å². The van der Waals surface area contributed by atoms with Crippen molar-refractivity contribution in [2.24, 2.45) is 0 Å². The zero-order valence-electron chi connectivity index (χ0n) is 12.8. The highest BCUT2D eigenvalue weighted by Gasteiger charge is 2.39. The van der Waals surface area contributed by atoms with Gasteiger partial charge in [0.1, 0.15) is 0 Å². The Morgan fingerprint density at radius 2 is 1.75 bits per heavy atom. The van der Waals surface area contributed by atoms with Crippen LogP contribution in [0.1, 0.15) is 50.2 Å². The van der Waals surface area contributed by atoms with E-state index in [4.69, 9.17) is 0 Å². The van der Waals surface area contributed by atoms with Crippen molar-refractivity contribution in [3.8, 4) is 0 Å². The maximum atomic E-state index is 3.64. The molecular formula is C18H28N2. The molecular weight excluding hydrogens is 244 g/mol. The number of rotatable bonds is 3. The molecule has 1 heterocycles. The van der Waals surface area contributed by atoms with Gasteiger partial charge in [-0.15, -0.1) is 0 Å². The predicted molar refractivity (Wildman–Crippen MR) is 84.9 cm³/mol. The molecule has 1 saturated heterocycles. The SMILES string of the molecule is CCc1ccc(CN2CCNCC23CCCCC3)cc1. The molecule has 1 aliphatic carbocycles. The Labute approximate surface area is 123 Å². The number of piperazine rings is 1. The van der Waals surface area contributed by atoms with Gasteiger partial charge in [0.25, 0.3) is 0 Å². The second-order valence-electron chi connectivity index (χ2n) is 6.55. The Balaban J connectivity index is 1.72. The van der Waals surface area contributed by atoms with E-state index in [9.17, 15) is 0 Å². The molecule has 2 heteroatoms. The molecule has 0 aromatic heterocycles. The maximum Gasteiger partial charge on any atom is 0.0338 e. The van der Waals surface area contributed by atoms with Crippen LogP contribution in [0.2, 0.25) is 0 Å². The third-order valence-corrected chi connectivity index (χ3v) is 5.27. The summed E-state index contributed by atoms with van der Waals surface area (Å²) < 4.78 is 0. The first-order valence-corrected chi connectivity index (χ1v) is 8.36. The molecule has 1 saturated carbocycles. The molecule has 0 unspecified atom stereocenters. The van der Waals surface area contributed by atoms with Crippen molar-refractivity contribution in [1.29, 1.82) is 0 Å². The molecule has 3 rings (SSSR count). The molecule has 1 N–H and O–H groups in total. The third-order valence-electron chi connectivity index (χ3n) is 5.27. The number of nitrogens with one attached hydrogen (secondary N) is 1. The Kier molecular flexibility index (Phi) is 4.42. The highest BCUT2D eigenvalue weighted by molar-refractivity contribution is 5.23. The van der Waals surface area contributed by atoms with E-state index < -0.39 is 0 Å². The van der Waals surface area contributed by atoms with Gasteiger partial charge in [0.15, 0.2) is 0 Å². The average Bonchev–Trinajstić information content (AvgIpc) is 2.51. The van der Waals surface area contributed by atoms with Crippen molar-refractivity contribution in [1.82, 2.24) is 10.2 Å². The third kappa shape index (κ3) is 2.91. The lowest BCUT2D eigenvalue weighted by atomic mass is 9.79. The van der Waals surface area contributed by atoms with E-state index in [2.05, 4.69) is 41.4 Å². The molecule has 2 fully saturated rings. The highest BCUT2D eigenvalue weighted by atomic mass is 15.3. The molecule has 2 aliphatic rings. The fourth-order valence-electron chi connectivity index (χ4n) is 3.93. The lowest BCUT2D eigenvalue weighted by Gasteiger charge is -2.50. The van der Waals surface area contributed by atoms with Crippen molar-refractivity contribution in [3.05, 3.63) is 35.4 Å². The minimum atomic E-state index is 0.444. The normalized spacial score (nSPS) is 23.1. The largest absolute Gasteiger partial charge is 0.314 e. The van der Waals surface area contributed by atoms with Crippen LogP contribution in [-0.2, 0) is 13.0 Å².